The molecule has 0 bridgehead atoms. The Balaban J connectivity index is 0.000000342. The smallest absolute Gasteiger partial charge is 0.0437 e. The van der Waals surface area contributed by atoms with Gasteiger partial charge >= 0.3 is 0 Å². The average molecular weight is 304 g/mol. The van der Waals surface area contributed by atoms with Crippen molar-refractivity contribution in [1.82, 2.24) is 0 Å². The Bertz CT molecular complexity index is 645. The van der Waals surface area contributed by atoms with Crippen LogP contribution in [0.5, 0.6) is 0 Å². The van der Waals surface area contributed by atoms with Crippen LogP contribution in [0.3, 0.4) is 0 Å². The van der Waals surface area contributed by atoms with Gasteiger partial charge in [0.15, 0.2) is 0 Å². The molecule has 0 spiro atoms. The van der Waals surface area contributed by atoms with Crippen LogP contribution in [0.15, 0.2) is 30.3 Å². The zero-order chi connectivity index (χ0) is 16.6. The fraction of sp³-hybridized carbons (Fsp3) is 0.263. The molecule has 0 aliphatic rings. The van der Waals surface area contributed by atoms with Gasteiger partial charge in [-0.1, -0.05) is 49.0 Å². The Labute approximate surface area is 133 Å². The standard InChI is InChI=1S/C10H12.C8H9Cl.CH5N/c1-7-5-8(2)10(4)9(3)6-7;1-6-3-4-7(2)8(9)5-6;1-2/h5-6H,1,4H2,2-3H3;3-5H,1-2H3;2H2,1H3. The quantitative estimate of drug-likeness (QED) is 0.790. The minimum Gasteiger partial charge on any atom is -0.333 e. The second-order valence-electron chi connectivity index (χ2n) is 4.96. The first-order valence-corrected chi connectivity index (χ1v) is 7.24. The Morgan fingerprint density at radius 3 is 1.67 bits per heavy atom. The van der Waals surface area contributed by atoms with E-state index in [1.54, 1.807) is 0 Å². The highest BCUT2D eigenvalue weighted by Gasteiger charge is 1.91. The molecular formula is C19H26ClN. The van der Waals surface area contributed by atoms with E-state index in [1.165, 1.54) is 23.7 Å². The molecule has 0 fully saturated rings. The maximum Gasteiger partial charge on any atom is 0.0437 e. The Morgan fingerprint density at radius 2 is 1.29 bits per heavy atom. The minimum atomic E-state index is 0.856. The van der Waals surface area contributed by atoms with Crippen molar-refractivity contribution in [3.8, 4) is 0 Å². The van der Waals surface area contributed by atoms with E-state index in [0.29, 0.717) is 0 Å². The van der Waals surface area contributed by atoms with Gasteiger partial charge in [-0.05, 0) is 73.5 Å². The Morgan fingerprint density at radius 1 is 0.810 bits per heavy atom. The highest BCUT2D eigenvalue weighted by molar-refractivity contribution is 6.31. The second-order valence-corrected chi connectivity index (χ2v) is 5.37. The van der Waals surface area contributed by atoms with Gasteiger partial charge in [0.25, 0.3) is 0 Å². The van der Waals surface area contributed by atoms with Crippen molar-refractivity contribution in [3.05, 3.63) is 68.0 Å². The molecule has 0 heterocycles. The third-order valence-electron chi connectivity index (χ3n) is 3.08. The van der Waals surface area contributed by atoms with Gasteiger partial charge in [0, 0.05) is 5.02 Å². The first-order valence-electron chi connectivity index (χ1n) is 6.87. The number of nitrogens with two attached hydrogens (primary N) is 1. The average Bonchev–Trinajstić information content (AvgIpc) is 2.43. The Kier molecular flexibility index (Phi) is 8.68. The number of aryl methyl sites for hydroxylation is 4. The van der Waals surface area contributed by atoms with E-state index in [0.717, 1.165) is 21.0 Å². The summed E-state index contributed by atoms with van der Waals surface area (Å²) in [7, 11) is 1.50. The van der Waals surface area contributed by atoms with Crippen LogP contribution in [0.25, 0.3) is 13.2 Å². The molecule has 0 amide bonds. The van der Waals surface area contributed by atoms with Crippen molar-refractivity contribution < 1.29 is 0 Å². The predicted octanol–water partition coefficient (Wildman–Crippen LogP) is 3.66. The molecule has 2 rings (SSSR count). The molecule has 2 aromatic rings. The summed E-state index contributed by atoms with van der Waals surface area (Å²) in [6, 6.07) is 10.2. The lowest BCUT2D eigenvalue weighted by atomic mass is 10.1. The number of hydrogen-bond acceptors (Lipinski definition) is 1. The largest absolute Gasteiger partial charge is 0.333 e. The molecule has 2 heteroatoms. The van der Waals surface area contributed by atoms with Crippen molar-refractivity contribution in [3.63, 3.8) is 0 Å². The van der Waals surface area contributed by atoms with Gasteiger partial charge < -0.3 is 5.73 Å². The molecule has 0 aromatic heterocycles. The van der Waals surface area contributed by atoms with Gasteiger partial charge in [0.2, 0.25) is 0 Å². The SMILES string of the molecule is C=c1cc(C)c(=C)c(C)c1.CN.Cc1ccc(C)c(Cl)c1. The number of hydrogen-bond donors (Lipinski definition) is 1. The molecule has 114 valence electrons. The second kappa shape index (κ2) is 9.38. The molecule has 0 aliphatic heterocycles. The van der Waals surface area contributed by atoms with E-state index in [-0.39, 0.29) is 0 Å². The third-order valence-corrected chi connectivity index (χ3v) is 3.49. The van der Waals surface area contributed by atoms with E-state index in [4.69, 9.17) is 11.6 Å². The highest BCUT2D eigenvalue weighted by Crippen LogP contribution is 2.15. The number of halogens is 1. The van der Waals surface area contributed by atoms with Crippen LogP contribution in [0.1, 0.15) is 22.3 Å². The molecule has 2 aromatic carbocycles. The van der Waals surface area contributed by atoms with Gasteiger partial charge in [0.05, 0.1) is 0 Å². The summed E-state index contributed by atoms with van der Waals surface area (Å²) in [6.45, 7) is 15.9. The maximum atomic E-state index is 5.81. The maximum absolute atomic E-state index is 5.81. The summed E-state index contributed by atoms with van der Waals surface area (Å²) in [5.74, 6) is 0. The molecule has 0 unspecified atom stereocenters. The zero-order valence-corrected chi connectivity index (χ0v) is 14.5. The zero-order valence-electron chi connectivity index (χ0n) is 13.8. The van der Waals surface area contributed by atoms with E-state index in [2.05, 4.69) is 50.9 Å². The normalized spacial score (nSPS) is 9.10. The summed E-state index contributed by atoms with van der Waals surface area (Å²) in [5, 5.41) is 3.06. The van der Waals surface area contributed by atoms with Crippen LogP contribution < -0.4 is 16.2 Å². The fourth-order valence-electron chi connectivity index (χ4n) is 1.78. The first-order chi connectivity index (χ1) is 9.81. The molecule has 0 radical (unpaired) electrons. The van der Waals surface area contributed by atoms with E-state index >= 15 is 0 Å². The lowest BCUT2D eigenvalue weighted by Crippen LogP contribution is -2.13. The molecule has 21 heavy (non-hydrogen) atoms. The van der Waals surface area contributed by atoms with Crippen molar-refractivity contribution >= 4 is 24.8 Å². The summed E-state index contributed by atoms with van der Waals surface area (Å²) in [4.78, 5) is 0. The van der Waals surface area contributed by atoms with Gasteiger partial charge in [0.1, 0.15) is 0 Å². The molecular weight excluding hydrogens is 278 g/mol. The molecule has 0 aliphatic carbocycles. The number of rotatable bonds is 0. The van der Waals surface area contributed by atoms with Crippen LogP contribution >= 0.6 is 11.6 Å². The van der Waals surface area contributed by atoms with E-state index < -0.39 is 0 Å². The van der Waals surface area contributed by atoms with Crippen molar-refractivity contribution in [2.75, 3.05) is 7.05 Å². The predicted molar refractivity (Wildman–Crippen MR) is 97.2 cm³/mol. The summed E-state index contributed by atoms with van der Waals surface area (Å²) < 4.78 is 0. The van der Waals surface area contributed by atoms with E-state index in [1.807, 2.05) is 26.0 Å². The van der Waals surface area contributed by atoms with Crippen LogP contribution in [0, 0.1) is 27.7 Å². The monoisotopic (exact) mass is 303 g/mol. The first kappa shape index (κ1) is 19.4. The van der Waals surface area contributed by atoms with Gasteiger partial charge in [-0.2, -0.15) is 0 Å². The minimum absolute atomic E-state index is 0.856. The van der Waals surface area contributed by atoms with Crippen LogP contribution in [0.4, 0.5) is 0 Å². The lowest BCUT2D eigenvalue weighted by Gasteiger charge is -1.96. The van der Waals surface area contributed by atoms with E-state index in [9.17, 15) is 0 Å². The number of benzene rings is 2. The van der Waals surface area contributed by atoms with Crippen LogP contribution in [0.2, 0.25) is 5.02 Å². The lowest BCUT2D eigenvalue weighted by molar-refractivity contribution is 1.31. The summed E-state index contributed by atoms with van der Waals surface area (Å²) >= 11 is 5.81. The van der Waals surface area contributed by atoms with Crippen molar-refractivity contribution in [2.45, 2.75) is 27.7 Å². The molecule has 2 N–H and O–H groups in total. The van der Waals surface area contributed by atoms with Gasteiger partial charge in [-0.3, -0.25) is 0 Å². The Hall–Kier alpha value is -1.57. The molecule has 0 saturated heterocycles. The van der Waals surface area contributed by atoms with Crippen molar-refractivity contribution in [2.24, 2.45) is 5.73 Å². The van der Waals surface area contributed by atoms with Crippen molar-refractivity contribution in [1.29, 1.82) is 0 Å². The molecule has 0 saturated carbocycles. The van der Waals surface area contributed by atoms with Gasteiger partial charge in [-0.15, -0.1) is 0 Å². The van der Waals surface area contributed by atoms with Gasteiger partial charge in [-0.25, -0.2) is 0 Å². The fourth-order valence-corrected chi connectivity index (χ4v) is 2.02. The van der Waals surface area contributed by atoms with Crippen LogP contribution in [-0.4, -0.2) is 7.05 Å². The highest BCUT2D eigenvalue weighted by atomic mass is 35.5. The molecule has 0 atom stereocenters. The summed E-state index contributed by atoms with van der Waals surface area (Å²) in [6.07, 6.45) is 0. The van der Waals surface area contributed by atoms with Crippen LogP contribution in [-0.2, 0) is 0 Å². The summed E-state index contributed by atoms with van der Waals surface area (Å²) in [5.41, 5.74) is 9.31. The topological polar surface area (TPSA) is 26.0 Å². The third kappa shape index (κ3) is 6.61. The molecule has 1 nitrogen and oxygen atoms in total.